The zero-order chi connectivity index (χ0) is 18.0. The molecule has 0 unspecified atom stereocenters. The number of aromatic nitrogens is 2. The summed E-state index contributed by atoms with van der Waals surface area (Å²) in [5.41, 5.74) is 0.0493. The van der Waals surface area contributed by atoms with Crippen molar-refractivity contribution in [2.75, 3.05) is 18.4 Å². The van der Waals surface area contributed by atoms with Gasteiger partial charge >= 0.3 is 0 Å². The normalized spacial score (nSPS) is 21.2. The van der Waals surface area contributed by atoms with E-state index < -0.39 is 11.7 Å². The van der Waals surface area contributed by atoms with Crippen molar-refractivity contribution in [1.29, 1.82) is 0 Å². The monoisotopic (exact) mass is 346 g/mol. The average Bonchev–Trinajstić information content (AvgIpc) is 2.95. The van der Waals surface area contributed by atoms with Crippen LogP contribution in [0.25, 0.3) is 11.3 Å². The molecular weight excluding hydrogens is 326 g/mol. The lowest BCUT2D eigenvalue weighted by molar-refractivity contribution is -0.131. The number of rotatable bonds is 4. The van der Waals surface area contributed by atoms with Crippen LogP contribution in [0, 0.1) is 5.82 Å². The highest BCUT2D eigenvalue weighted by Gasteiger charge is 2.37. The SMILES string of the molecule is C[C@@H](Nc1cc(-c2ccc(F)cc2)ncn1)C(=O)N1CC[C@](C)(F)C1. The molecule has 0 bridgehead atoms. The van der Waals surface area contributed by atoms with Crippen LogP contribution in [-0.4, -0.2) is 45.6 Å². The van der Waals surface area contributed by atoms with E-state index in [4.69, 9.17) is 0 Å². The van der Waals surface area contributed by atoms with Crippen LogP contribution in [0.3, 0.4) is 0 Å². The third-order valence-electron chi connectivity index (χ3n) is 4.28. The molecule has 7 heteroatoms. The number of amides is 1. The second-order valence-corrected chi connectivity index (χ2v) is 6.58. The molecule has 2 heterocycles. The molecule has 1 N–H and O–H groups in total. The Morgan fingerprint density at radius 3 is 2.68 bits per heavy atom. The van der Waals surface area contributed by atoms with E-state index in [2.05, 4.69) is 15.3 Å². The molecule has 1 aliphatic heterocycles. The highest BCUT2D eigenvalue weighted by molar-refractivity contribution is 5.84. The number of hydrogen-bond donors (Lipinski definition) is 1. The topological polar surface area (TPSA) is 58.1 Å². The van der Waals surface area contributed by atoms with E-state index in [1.54, 1.807) is 25.1 Å². The number of carbonyl (C=O) groups excluding carboxylic acids is 1. The Hall–Kier alpha value is -2.57. The Morgan fingerprint density at radius 2 is 2.04 bits per heavy atom. The molecular formula is C18H20F2N4O. The van der Waals surface area contributed by atoms with Gasteiger partial charge in [0.25, 0.3) is 0 Å². The summed E-state index contributed by atoms with van der Waals surface area (Å²) >= 11 is 0. The predicted octanol–water partition coefficient (Wildman–Crippen LogP) is 3.04. The van der Waals surface area contributed by atoms with Gasteiger partial charge in [-0.25, -0.2) is 18.7 Å². The number of nitrogens with one attached hydrogen (secondary N) is 1. The molecule has 0 spiro atoms. The van der Waals surface area contributed by atoms with Crippen LogP contribution in [0.1, 0.15) is 20.3 Å². The first kappa shape index (κ1) is 17.3. The Morgan fingerprint density at radius 1 is 1.32 bits per heavy atom. The largest absolute Gasteiger partial charge is 0.359 e. The molecule has 1 aliphatic rings. The van der Waals surface area contributed by atoms with Crippen molar-refractivity contribution in [3.05, 3.63) is 42.5 Å². The number of nitrogens with zero attached hydrogens (tertiary/aromatic N) is 3. The van der Waals surface area contributed by atoms with Crippen molar-refractivity contribution < 1.29 is 13.6 Å². The summed E-state index contributed by atoms with van der Waals surface area (Å²) in [6, 6.07) is 7.13. The first-order valence-electron chi connectivity index (χ1n) is 8.16. The van der Waals surface area contributed by atoms with Gasteiger partial charge < -0.3 is 10.2 Å². The molecule has 1 aromatic carbocycles. The standard InChI is InChI=1S/C18H20F2N4O/c1-12(17(25)24-8-7-18(2,20)10-24)23-16-9-15(21-11-22-16)13-3-5-14(19)6-4-13/h3-6,9,11-12H,7-8,10H2,1-2H3,(H,21,22,23)/t12-,18+/m1/s1. The van der Waals surface area contributed by atoms with Crippen LogP contribution in [0.4, 0.5) is 14.6 Å². The number of hydrogen-bond acceptors (Lipinski definition) is 4. The fraction of sp³-hybridized carbons (Fsp3) is 0.389. The molecule has 1 amide bonds. The molecule has 2 atom stereocenters. The zero-order valence-corrected chi connectivity index (χ0v) is 14.2. The maximum Gasteiger partial charge on any atom is 0.244 e. The molecule has 0 aliphatic carbocycles. The van der Waals surface area contributed by atoms with Crippen molar-refractivity contribution in [2.45, 2.75) is 32.0 Å². The lowest BCUT2D eigenvalue weighted by atomic mass is 10.1. The van der Waals surface area contributed by atoms with E-state index in [0.717, 1.165) is 5.56 Å². The smallest absolute Gasteiger partial charge is 0.244 e. The van der Waals surface area contributed by atoms with Gasteiger partial charge in [-0.3, -0.25) is 4.79 Å². The maximum atomic E-state index is 13.9. The zero-order valence-electron chi connectivity index (χ0n) is 14.2. The highest BCUT2D eigenvalue weighted by Crippen LogP contribution is 2.25. The van der Waals surface area contributed by atoms with Crippen LogP contribution in [-0.2, 0) is 4.79 Å². The fourth-order valence-electron chi connectivity index (χ4n) is 2.88. The fourth-order valence-corrected chi connectivity index (χ4v) is 2.88. The Kier molecular flexibility index (Phi) is 4.65. The number of likely N-dealkylation sites (tertiary alicyclic amines) is 1. The summed E-state index contributed by atoms with van der Waals surface area (Å²) in [5.74, 6) is 0.00144. The van der Waals surface area contributed by atoms with Gasteiger partial charge in [-0.15, -0.1) is 0 Å². The first-order chi connectivity index (χ1) is 11.8. The van der Waals surface area contributed by atoms with E-state index in [1.165, 1.54) is 30.3 Å². The minimum Gasteiger partial charge on any atom is -0.359 e. The Bertz CT molecular complexity index is 764. The molecule has 0 saturated carbocycles. The van der Waals surface area contributed by atoms with Gasteiger partial charge in [-0.2, -0.15) is 0 Å². The third kappa shape index (κ3) is 4.10. The quantitative estimate of drug-likeness (QED) is 0.924. The van der Waals surface area contributed by atoms with Crippen LogP contribution in [0.2, 0.25) is 0 Å². The van der Waals surface area contributed by atoms with Gasteiger partial charge in [-0.1, -0.05) is 0 Å². The van der Waals surface area contributed by atoms with Crippen LogP contribution >= 0.6 is 0 Å². The lowest BCUT2D eigenvalue weighted by Crippen LogP contribution is -2.41. The van der Waals surface area contributed by atoms with Gasteiger partial charge in [0.2, 0.25) is 5.91 Å². The minimum atomic E-state index is -1.32. The molecule has 1 aromatic heterocycles. The second-order valence-electron chi connectivity index (χ2n) is 6.58. The average molecular weight is 346 g/mol. The van der Waals surface area contributed by atoms with Gasteiger partial charge in [-0.05, 0) is 38.1 Å². The Balaban J connectivity index is 1.69. The number of carbonyl (C=O) groups is 1. The number of alkyl halides is 1. The molecule has 3 rings (SSSR count). The summed E-state index contributed by atoms with van der Waals surface area (Å²) in [4.78, 5) is 22.3. The summed E-state index contributed by atoms with van der Waals surface area (Å²) < 4.78 is 27.0. The van der Waals surface area contributed by atoms with E-state index in [1.807, 2.05) is 0 Å². The van der Waals surface area contributed by atoms with Gasteiger partial charge in [0.05, 0.1) is 12.2 Å². The van der Waals surface area contributed by atoms with Crippen molar-refractivity contribution in [2.24, 2.45) is 0 Å². The maximum absolute atomic E-state index is 13.9. The minimum absolute atomic E-state index is 0.114. The molecule has 1 saturated heterocycles. The van der Waals surface area contributed by atoms with Gasteiger partial charge in [0.1, 0.15) is 29.7 Å². The third-order valence-corrected chi connectivity index (χ3v) is 4.28. The van der Waals surface area contributed by atoms with E-state index in [9.17, 15) is 13.6 Å². The van der Waals surface area contributed by atoms with E-state index >= 15 is 0 Å². The number of halogens is 2. The highest BCUT2D eigenvalue weighted by atomic mass is 19.1. The molecule has 5 nitrogen and oxygen atoms in total. The summed E-state index contributed by atoms with van der Waals surface area (Å²) in [7, 11) is 0. The van der Waals surface area contributed by atoms with Gasteiger partial charge in [0.15, 0.2) is 0 Å². The molecule has 132 valence electrons. The van der Waals surface area contributed by atoms with Gasteiger partial charge in [0, 0.05) is 24.6 Å². The van der Waals surface area contributed by atoms with Crippen molar-refractivity contribution >= 4 is 11.7 Å². The molecule has 25 heavy (non-hydrogen) atoms. The second kappa shape index (κ2) is 6.74. The summed E-state index contributed by atoms with van der Waals surface area (Å²) in [6.07, 6.45) is 1.74. The van der Waals surface area contributed by atoms with Crippen LogP contribution < -0.4 is 5.32 Å². The van der Waals surface area contributed by atoms with Crippen LogP contribution in [0.5, 0.6) is 0 Å². The lowest BCUT2D eigenvalue weighted by Gasteiger charge is -2.22. The molecule has 2 aromatic rings. The predicted molar refractivity (Wildman–Crippen MR) is 91.2 cm³/mol. The number of benzene rings is 1. The van der Waals surface area contributed by atoms with Crippen molar-refractivity contribution in [1.82, 2.24) is 14.9 Å². The summed E-state index contributed by atoms with van der Waals surface area (Å²) in [5, 5.41) is 3.03. The molecule has 0 radical (unpaired) electrons. The van der Waals surface area contributed by atoms with Crippen molar-refractivity contribution in [3.8, 4) is 11.3 Å². The van der Waals surface area contributed by atoms with Crippen molar-refractivity contribution in [3.63, 3.8) is 0 Å². The molecule has 1 fully saturated rings. The van der Waals surface area contributed by atoms with Crippen LogP contribution in [0.15, 0.2) is 36.7 Å². The first-order valence-corrected chi connectivity index (χ1v) is 8.16. The number of anilines is 1. The Labute approximate surface area is 145 Å². The summed E-state index contributed by atoms with van der Waals surface area (Å²) in [6.45, 7) is 3.76. The van der Waals surface area contributed by atoms with E-state index in [0.29, 0.717) is 24.5 Å². The van der Waals surface area contributed by atoms with E-state index in [-0.39, 0.29) is 18.3 Å².